The minimum Gasteiger partial charge on any atom is -0.419 e. The first kappa shape index (κ1) is 17.2. The highest BCUT2D eigenvalue weighted by atomic mass is 16.4. The molecular formula is C20H26N4O2. The molecule has 1 amide bonds. The largest absolute Gasteiger partial charge is 0.419 e. The molecule has 1 aliphatic carbocycles. The Hall–Kier alpha value is -2.24. The summed E-state index contributed by atoms with van der Waals surface area (Å²) in [6.45, 7) is 1.57. The molecular weight excluding hydrogens is 328 g/mol. The van der Waals surface area contributed by atoms with Gasteiger partial charge < -0.3 is 9.32 Å². The molecule has 4 rings (SSSR count). The Morgan fingerprint density at radius 3 is 2.65 bits per heavy atom. The molecule has 1 saturated heterocycles. The number of nitrogens with zero attached hydrogens (tertiary/aromatic N) is 4. The Morgan fingerprint density at radius 1 is 1.12 bits per heavy atom. The fourth-order valence-corrected chi connectivity index (χ4v) is 4.15. The van der Waals surface area contributed by atoms with Crippen LogP contribution in [-0.4, -0.2) is 39.1 Å². The summed E-state index contributed by atoms with van der Waals surface area (Å²) in [6.07, 6.45) is 10.6. The molecule has 0 radical (unpaired) electrons. The first-order chi connectivity index (χ1) is 12.8. The Bertz CT molecular complexity index is 716. The fraction of sp³-hybridized carbons (Fsp3) is 0.600. The minimum absolute atomic E-state index is 0.235. The van der Waals surface area contributed by atoms with E-state index in [1.165, 1.54) is 25.7 Å². The van der Waals surface area contributed by atoms with Gasteiger partial charge in [0, 0.05) is 31.6 Å². The van der Waals surface area contributed by atoms with Gasteiger partial charge in [0.2, 0.25) is 11.8 Å². The number of aromatic nitrogens is 3. The van der Waals surface area contributed by atoms with Crippen LogP contribution in [0.15, 0.2) is 28.8 Å². The third kappa shape index (κ3) is 3.94. The van der Waals surface area contributed by atoms with Gasteiger partial charge in [-0.15, -0.1) is 10.2 Å². The summed E-state index contributed by atoms with van der Waals surface area (Å²) >= 11 is 0. The van der Waals surface area contributed by atoms with Crippen LogP contribution in [0.4, 0.5) is 0 Å². The van der Waals surface area contributed by atoms with Crippen molar-refractivity contribution in [1.29, 1.82) is 0 Å². The monoisotopic (exact) mass is 354 g/mol. The molecule has 2 aromatic heterocycles. The Balaban J connectivity index is 1.28. The van der Waals surface area contributed by atoms with Crippen LogP contribution >= 0.6 is 0 Å². The van der Waals surface area contributed by atoms with Crippen LogP contribution in [0.25, 0.3) is 11.6 Å². The van der Waals surface area contributed by atoms with Gasteiger partial charge in [-0.1, -0.05) is 31.7 Å². The second kappa shape index (κ2) is 7.98. The normalized spacial score (nSPS) is 19.2. The van der Waals surface area contributed by atoms with E-state index >= 15 is 0 Å². The van der Waals surface area contributed by atoms with Crippen molar-refractivity contribution in [1.82, 2.24) is 20.1 Å². The van der Waals surface area contributed by atoms with Crippen LogP contribution in [-0.2, 0) is 4.79 Å². The van der Waals surface area contributed by atoms with Gasteiger partial charge >= 0.3 is 0 Å². The van der Waals surface area contributed by atoms with Crippen molar-refractivity contribution in [2.24, 2.45) is 5.92 Å². The number of carbonyl (C=O) groups is 1. The van der Waals surface area contributed by atoms with Crippen LogP contribution in [0.3, 0.4) is 0 Å². The molecule has 0 unspecified atom stereocenters. The minimum atomic E-state index is 0.235. The average Bonchev–Trinajstić information content (AvgIpc) is 3.39. The summed E-state index contributed by atoms with van der Waals surface area (Å²) in [6, 6.07) is 5.63. The SMILES string of the molecule is O=C(CCC1CCCC1)N1CCC(c2nnc(-c3ccccn3)o2)CC1. The third-order valence-corrected chi connectivity index (χ3v) is 5.76. The molecule has 0 spiro atoms. The molecule has 2 aliphatic rings. The number of hydrogen-bond acceptors (Lipinski definition) is 5. The zero-order chi connectivity index (χ0) is 17.8. The summed E-state index contributed by atoms with van der Waals surface area (Å²) in [5.74, 6) is 2.47. The fourth-order valence-electron chi connectivity index (χ4n) is 4.15. The molecule has 0 bridgehead atoms. The summed E-state index contributed by atoms with van der Waals surface area (Å²) in [4.78, 5) is 18.7. The van der Waals surface area contributed by atoms with Crippen molar-refractivity contribution in [3.05, 3.63) is 30.3 Å². The molecule has 2 aromatic rings. The smallest absolute Gasteiger partial charge is 0.266 e. The number of carbonyl (C=O) groups excluding carboxylic acids is 1. The van der Waals surface area contributed by atoms with Crippen LogP contribution in [0.1, 0.15) is 63.2 Å². The van der Waals surface area contributed by atoms with Gasteiger partial charge in [-0.2, -0.15) is 0 Å². The first-order valence-corrected chi connectivity index (χ1v) is 9.82. The molecule has 3 heterocycles. The van der Waals surface area contributed by atoms with Gasteiger partial charge in [0.05, 0.1) is 0 Å². The Labute approximate surface area is 154 Å². The second-order valence-electron chi connectivity index (χ2n) is 7.50. The van der Waals surface area contributed by atoms with Gasteiger partial charge in [-0.05, 0) is 37.3 Å². The van der Waals surface area contributed by atoms with Gasteiger partial charge in [-0.3, -0.25) is 9.78 Å². The Kier molecular flexibility index (Phi) is 5.27. The number of piperidine rings is 1. The molecule has 0 atom stereocenters. The zero-order valence-corrected chi connectivity index (χ0v) is 15.1. The van der Waals surface area contributed by atoms with Crippen LogP contribution < -0.4 is 0 Å². The molecule has 138 valence electrons. The molecule has 2 fully saturated rings. The lowest BCUT2D eigenvalue weighted by molar-refractivity contribution is -0.132. The summed E-state index contributed by atoms with van der Waals surface area (Å²) < 4.78 is 5.83. The second-order valence-corrected chi connectivity index (χ2v) is 7.50. The number of rotatable bonds is 5. The zero-order valence-electron chi connectivity index (χ0n) is 15.1. The Morgan fingerprint density at radius 2 is 1.92 bits per heavy atom. The van der Waals surface area contributed by atoms with Crippen LogP contribution in [0.5, 0.6) is 0 Å². The highest BCUT2D eigenvalue weighted by Crippen LogP contribution is 2.31. The van der Waals surface area contributed by atoms with E-state index in [2.05, 4.69) is 15.2 Å². The molecule has 0 aromatic carbocycles. The maximum absolute atomic E-state index is 12.5. The summed E-state index contributed by atoms with van der Waals surface area (Å²) in [5.41, 5.74) is 0.700. The van der Waals surface area contributed by atoms with Crippen molar-refractivity contribution in [3.8, 4) is 11.6 Å². The maximum atomic E-state index is 12.5. The third-order valence-electron chi connectivity index (χ3n) is 5.76. The maximum Gasteiger partial charge on any atom is 0.266 e. The summed E-state index contributed by atoms with van der Waals surface area (Å²) in [7, 11) is 0. The summed E-state index contributed by atoms with van der Waals surface area (Å²) in [5, 5.41) is 8.34. The number of pyridine rings is 1. The molecule has 0 N–H and O–H groups in total. The van der Waals surface area contributed by atoms with Crippen molar-refractivity contribution >= 4 is 5.91 Å². The van der Waals surface area contributed by atoms with Gasteiger partial charge in [0.15, 0.2) is 0 Å². The van der Waals surface area contributed by atoms with Crippen molar-refractivity contribution in [3.63, 3.8) is 0 Å². The van der Waals surface area contributed by atoms with E-state index in [0.29, 0.717) is 29.8 Å². The lowest BCUT2D eigenvalue weighted by Gasteiger charge is -2.30. The van der Waals surface area contributed by atoms with Gasteiger partial charge in [0.1, 0.15) is 5.69 Å². The topological polar surface area (TPSA) is 72.1 Å². The number of hydrogen-bond donors (Lipinski definition) is 0. The van der Waals surface area contributed by atoms with Crippen molar-refractivity contribution in [2.75, 3.05) is 13.1 Å². The number of amides is 1. The van der Waals surface area contributed by atoms with Crippen LogP contribution in [0, 0.1) is 5.92 Å². The molecule has 6 nitrogen and oxygen atoms in total. The van der Waals surface area contributed by atoms with E-state index in [1.54, 1.807) is 6.20 Å². The standard InChI is InChI=1S/C20H26N4O2/c25-18(9-8-15-5-1-2-6-15)24-13-10-16(11-14-24)19-22-23-20(26-19)17-7-3-4-12-21-17/h3-4,7,12,15-16H,1-2,5-6,8-11,13-14H2. The lowest BCUT2D eigenvalue weighted by atomic mass is 9.96. The number of likely N-dealkylation sites (tertiary alicyclic amines) is 1. The van der Waals surface area contributed by atoms with E-state index in [4.69, 9.17) is 4.42 Å². The lowest BCUT2D eigenvalue weighted by Crippen LogP contribution is -2.38. The predicted molar refractivity (Wildman–Crippen MR) is 97.3 cm³/mol. The average molecular weight is 354 g/mol. The highest BCUT2D eigenvalue weighted by molar-refractivity contribution is 5.76. The molecule has 26 heavy (non-hydrogen) atoms. The van der Waals surface area contributed by atoms with Crippen molar-refractivity contribution < 1.29 is 9.21 Å². The van der Waals surface area contributed by atoms with Gasteiger partial charge in [-0.25, -0.2) is 0 Å². The van der Waals surface area contributed by atoms with E-state index in [-0.39, 0.29) is 5.92 Å². The van der Waals surface area contributed by atoms with Crippen molar-refractivity contribution in [2.45, 2.75) is 57.3 Å². The van der Waals surface area contributed by atoms with E-state index in [1.807, 2.05) is 23.1 Å². The highest BCUT2D eigenvalue weighted by Gasteiger charge is 2.28. The molecule has 1 saturated carbocycles. The molecule has 6 heteroatoms. The van der Waals surface area contributed by atoms with E-state index < -0.39 is 0 Å². The van der Waals surface area contributed by atoms with E-state index in [9.17, 15) is 4.79 Å². The van der Waals surface area contributed by atoms with E-state index in [0.717, 1.165) is 38.3 Å². The predicted octanol–water partition coefficient (Wildman–Crippen LogP) is 3.81. The van der Waals surface area contributed by atoms with Gasteiger partial charge in [0.25, 0.3) is 5.89 Å². The molecule has 1 aliphatic heterocycles. The first-order valence-electron chi connectivity index (χ1n) is 9.82. The van der Waals surface area contributed by atoms with Crippen LogP contribution in [0.2, 0.25) is 0 Å². The quantitative estimate of drug-likeness (QED) is 0.816.